The number of rotatable bonds is 8. The molecule has 0 unspecified atom stereocenters. The Morgan fingerprint density at radius 2 is 0.664 bits per heavy atom. The predicted molar refractivity (Wildman–Crippen MR) is 451 cm³/mol. The Morgan fingerprint density at radius 3 is 1.19 bits per heavy atom. The van der Waals surface area contributed by atoms with E-state index in [9.17, 15) is 0 Å². The molecular weight excluding hydrogens is 1840 g/mol. The van der Waals surface area contributed by atoms with Gasteiger partial charge in [-0.05, 0) is 147 Å². The fraction of sp³-hybridized carbons (Fsp3) is 0.0841. The van der Waals surface area contributed by atoms with Crippen LogP contribution in [0.2, 0.25) is 0 Å². The third-order valence-corrected chi connectivity index (χ3v) is 21.3. The summed E-state index contributed by atoms with van der Waals surface area (Å²) >= 11 is 0. The van der Waals surface area contributed by atoms with E-state index in [1.807, 2.05) is 24.3 Å². The van der Waals surface area contributed by atoms with Gasteiger partial charge in [0.15, 0.2) is 0 Å². The third-order valence-electron chi connectivity index (χ3n) is 21.3. The van der Waals surface area contributed by atoms with Crippen molar-refractivity contribution >= 4 is 21.5 Å². The van der Waals surface area contributed by atoms with Crippen molar-refractivity contribution in [2.24, 2.45) is 0 Å². The van der Waals surface area contributed by atoms with Gasteiger partial charge in [-0.15, -0.1) is 64.7 Å². The maximum Gasteiger partial charge on any atom is 2.00 e. The van der Waals surface area contributed by atoms with Crippen molar-refractivity contribution < 1.29 is 63.2 Å². The molecule has 2 aliphatic rings. The first kappa shape index (κ1) is 77.5. The normalized spacial score (nSPS) is 11.5. The van der Waals surface area contributed by atoms with Gasteiger partial charge in [0.2, 0.25) is 0 Å². The van der Waals surface area contributed by atoms with Crippen LogP contribution in [0, 0.1) is 91.8 Å². The smallest absolute Gasteiger partial charge is 0.228 e. The second kappa shape index (κ2) is 34.1. The summed E-state index contributed by atoms with van der Waals surface area (Å²) in [5.74, 6) is 0. The van der Waals surface area contributed by atoms with Gasteiger partial charge in [-0.1, -0.05) is 272 Å². The minimum Gasteiger partial charge on any atom is -0.228 e. The van der Waals surface area contributed by atoms with Gasteiger partial charge in [0, 0.05) is 0 Å². The number of hydrogen-bond acceptors (Lipinski definition) is 0. The summed E-state index contributed by atoms with van der Waals surface area (Å²) in [5, 5.41) is 5.34. The zero-order chi connectivity index (χ0) is 73.1. The van der Waals surface area contributed by atoms with Crippen molar-refractivity contribution in [1.29, 1.82) is 0 Å². The molecule has 2 aliphatic carbocycles. The average molecular weight is 1920 g/mol. The standard InChI is InChI=1S/C33H24.C26H20.C26H18.C22H18.3W/c1-21-17-19-23(20-18-21)24-12-8-16-30-32(24)31-22(2)9-7-15-29(31)33(30)27-13-5-3-10-25(27)26-11-4-6-14-28(26)33;1-19-9-13-21(14-10-19)23-5-3-7-25(17-23)26-8-4-6-24(18-26)22-15-11-20(2)12-16-22;1-19-7-5-9-23(17-19)21-13-15-22(16-14-21)25-11-3-4-12-26(25)24-10-6-8-20(2)18-24;1-15-11-13-21(19-9-5-3-7-17(15)19)22-14-12-16(2)18-8-4-6-10-20(18)22;;;/h3-20H,1-2H3;3-16H,1-2H3;3-9,11,13,15-16,18H,1-2H3;3-14H,1-2H3;;;/q;-2;-4;;3*+2. The van der Waals surface area contributed by atoms with Crippen LogP contribution in [0.3, 0.4) is 0 Å². The maximum atomic E-state index is 3.55. The van der Waals surface area contributed by atoms with Gasteiger partial charge >= 0.3 is 63.2 Å². The summed E-state index contributed by atoms with van der Waals surface area (Å²) in [6, 6.07) is 142. The fourth-order valence-electron chi connectivity index (χ4n) is 15.9. The molecule has 0 amide bonds. The maximum absolute atomic E-state index is 3.55. The number of aryl methyl sites for hydroxylation is 8. The molecule has 0 atom stereocenters. The van der Waals surface area contributed by atoms with E-state index in [-0.39, 0.29) is 68.6 Å². The van der Waals surface area contributed by atoms with Crippen LogP contribution < -0.4 is 0 Å². The monoisotopic (exact) mass is 1920 g/mol. The fourth-order valence-corrected chi connectivity index (χ4v) is 15.9. The van der Waals surface area contributed by atoms with Crippen molar-refractivity contribution in [3.63, 3.8) is 0 Å². The SMILES string of the molecule is Cc1[c-]c(-c2[c-]cc(-c3ccc[c-]c3-c3[c-]ccc(C)c3)cc2)ccc1.Cc1ccc(-c2[c-]c(-c3[c-]c(-c4ccc(C)cc4)ccc3)ccc2)cc1.Cc1ccc(-c2ccc(C)c3ccccc23)c2ccccc12.Cc1ccc(-c2cccc3c2-c2c(C)cccc2C32c3ccccc3-c3ccccc32)cc1.[W+2].[W+2].[W+2]. The van der Waals surface area contributed by atoms with Crippen LogP contribution in [0.15, 0.2) is 340 Å². The van der Waals surface area contributed by atoms with Crippen LogP contribution in [-0.4, -0.2) is 0 Å². The molecule has 526 valence electrons. The van der Waals surface area contributed by atoms with E-state index in [1.54, 1.807) is 0 Å². The molecule has 0 aliphatic heterocycles. The number of fused-ring (bicyclic) bond motifs is 12. The van der Waals surface area contributed by atoms with E-state index in [2.05, 4.69) is 407 Å². The van der Waals surface area contributed by atoms with E-state index in [1.165, 1.54) is 138 Å². The van der Waals surface area contributed by atoms with Crippen molar-refractivity contribution in [1.82, 2.24) is 0 Å². The predicted octanol–water partition coefficient (Wildman–Crippen LogP) is 28.0. The molecule has 0 radical (unpaired) electrons. The zero-order valence-corrected chi connectivity index (χ0v) is 71.9. The first-order valence-electron chi connectivity index (χ1n) is 37.0. The summed E-state index contributed by atoms with van der Waals surface area (Å²) < 4.78 is 0. The van der Waals surface area contributed by atoms with Crippen molar-refractivity contribution in [3.8, 4) is 111 Å². The molecule has 0 saturated heterocycles. The van der Waals surface area contributed by atoms with Crippen molar-refractivity contribution in [2.45, 2.75) is 60.8 Å². The Labute approximate surface area is 693 Å². The Balaban J connectivity index is 0.000000129. The molecule has 17 aromatic rings. The van der Waals surface area contributed by atoms with Gasteiger partial charge in [-0.3, -0.25) is 0 Å². The van der Waals surface area contributed by atoms with Gasteiger partial charge in [-0.25, -0.2) is 22.3 Å². The molecular formula is C107H80W3. The van der Waals surface area contributed by atoms with Gasteiger partial charge in [-0.2, -0.15) is 125 Å². The topological polar surface area (TPSA) is 0 Å². The van der Waals surface area contributed by atoms with E-state index in [4.69, 9.17) is 0 Å². The van der Waals surface area contributed by atoms with Crippen LogP contribution in [0.4, 0.5) is 0 Å². The van der Waals surface area contributed by atoms with Crippen LogP contribution in [0.5, 0.6) is 0 Å². The average Bonchev–Trinajstić information content (AvgIpc) is 1.50. The molecule has 17 aromatic carbocycles. The summed E-state index contributed by atoms with van der Waals surface area (Å²) in [6.45, 7) is 17.1. The van der Waals surface area contributed by atoms with Crippen molar-refractivity contribution in [2.75, 3.05) is 0 Å². The number of hydrogen-bond donors (Lipinski definition) is 0. The summed E-state index contributed by atoms with van der Waals surface area (Å²) in [6.07, 6.45) is 0. The summed E-state index contributed by atoms with van der Waals surface area (Å²) in [5.41, 5.74) is 39.5. The van der Waals surface area contributed by atoms with E-state index in [0.717, 1.165) is 61.2 Å². The van der Waals surface area contributed by atoms with Gasteiger partial charge in [0.05, 0.1) is 5.41 Å². The first-order valence-corrected chi connectivity index (χ1v) is 37.0. The van der Waals surface area contributed by atoms with Crippen LogP contribution in [0.1, 0.15) is 66.8 Å². The van der Waals surface area contributed by atoms with E-state index < -0.39 is 0 Å². The third kappa shape index (κ3) is 15.4. The molecule has 0 bridgehead atoms. The zero-order valence-electron chi connectivity index (χ0n) is 63.1. The summed E-state index contributed by atoms with van der Waals surface area (Å²) in [7, 11) is 0. The van der Waals surface area contributed by atoms with Crippen LogP contribution in [-0.2, 0) is 68.6 Å². The molecule has 3 heteroatoms. The first-order chi connectivity index (χ1) is 52.4. The molecule has 0 aromatic heterocycles. The van der Waals surface area contributed by atoms with Gasteiger partial charge in [0.1, 0.15) is 0 Å². The quantitative estimate of drug-likeness (QED) is 0.133. The molecule has 1 spiro atoms. The second-order valence-electron chi connectivity index (χ2n) is 28.5. The molecule has 19 rings (SSSR count). The second-order valence-corrected chi connectivity index (χ2v) is 28.5. The molecule has 0 nitrogen and oxygen atoms in total. The Morgan fingerprint density at radius 1 is 0.227 bits per heavy atom. The van der Waals surface area contributed by atoms with Gasteiger partial charge in [0.25, 0.3) is 0 Å². The largest absolute Gasteiger partial charge is 2.00 e. The van der Waals surface area contributed by atoms with Crippen LogP contribution >= 0.6 is 0 Å². The number of benzene rings is 17. The minimum atomic E-state index is -0.273. The molecule has 0 N–H and O–H groups in total. The van der Waals surface area contributed by atoms with E-state index >= 15 is 0 Å². The summed E-state index contributed by atoms with van der Waals surface area (Å²) in [4.78, 5) is 0. The molecule has 0 saturated carbocycles. The molecule has 0 fully saturated rings. The molecule has 110 heavy (non-hydrogen) atoms. The molecule has 0 heterocycles. The Kier molecular flexibility index (Phi) is 24.0. The Hall–Kier alpha value is -10.7. The van der Waals surface area contributed by atoms with Crippen molar-refractivity contribution in [3.05, 3.63) is 443 Å². The van der Waals surface area contributed by atoms with Crippen LogP contribution in [0.25, 0.3) is 133 Å². The Bertz CT molecular complexity index is 5920. The van der Waals surface area contributed by atoms with Gasteiger partial charge < -0.3 is 0 Å². The minimum absolute atomic E-state index is 0. The van der Waals surface area contributed by atoms with E-state index in [0.29, 0.717) is 0 Å².